The van der Waals surface area contributed by atoms with Crippen LogP contribution in [0.1, 0.15) is 146 Å². The van der Waals surface area contributed by atoms with Crippen LogP contribution >= 0.6 is 0 Å². The average molecular weight is 1050 g/mol. The Balaban J connectivity index is 1.45. The summed E-state index contributed by atoms with van der Waals surface area (Å²) in [6, 6.07) is 16.0. The van der Waals surface area contributed by atoms with Crippen molar-refractivity contribution in [2.24, 2.45) is 0 Å². The Morgan fingerprint density at radius 1 is 0.520 bits per heavy atom. The minimum absolute atomic E-state index is 0.000761. The van der Waals surface area contributed by atoms with E-state index in [0.29, 0.717) is 91.3 Å². The van der Waals surface area contributed by atoms with Crippen LogP contribution in [0.3, 0.4) is 0 Å². The van der Waals surface area contributed by atoms with Gasteiger partial charge in [-0.3, -0.25) is 14.4 Å². The molecule has 2 aromatic carbocycles. The molecular weight excluding hydrogens is 963 g/mol. The summed E-state index contributed by atoms with van der Waals surface area (Å²) >= 11 is 0. The van der Waals surface area contributed by atoms with Gasteiger partial charge < -0.3 is 53.3 Å². The van der Waals surface area contributed by atoms with Gasteiger partial charge in [-0.25, -0.2) is 9.48 Å². The molecule has 2 atom stereocenters. The lowest BCUT2D eigenvalue weighted by atomic mass is 10.0. The molecule has 3 rings (SSSR count). The molecule has 0 fully saturated rings. The average Bonchev–Trinajstić information content (AvgIpc) is 3.88. The Morgan fingerprint density at radius 3 is 1.52 bits per heavy atom. The number of hydrogen-bond donors (Lipinski definition) is 2. The Morgan fingerprint density at radius 2 is 1.00 bits per heavy atom. The topological polar surface area (TPSA) is 206 Å². The normalized spacial score (nSPS) is 12.1. The van der Waals surface area contributed by atoms with Gasteiger partial charge in [0.05, 0.1) is 98.6 Å². The first-order valence-electron chi connectivity index (χ1n) is 27.7. The minimum Gasteiger partial charge on any atom is -0.461 e. The standard InChI is InChI=1S/C57H91N5O13/c1-3-4-5-6-7-8-9-10-11-12-13-14-15-16-17-24-29-54(63)58-53(48-73-47-51-44-62(61-60-51)32-33-68-36-37-70-40-41-72-43-42-71-39-38-69-35-34-67-2)56(65)59-52(57(66)75-46-50-27-22-19-23-28-50)30-31-55(64)74-45-49-25-20-18-21-26-49/h18-23,25-28,44,52-53H,3-17,24,29-43,45-48H2,1-2H3,(H,58,63)(H,59,65)/t52-,53+/m1/s1. The summed E-state index contributed by atoms with van der Waals surface area (Å²) in [6.07, 6.45) is 21.3. The van der Waals surface area contributed by atoms with Crippen LogP contribution in [-0.4, -0.2) is 137 Å². The zero-order valence-corrected chi connectivity index (χ0v) is 45.4. The lowest BCUT2D eigenvalue weighted by molar-refractivity contribution is -0.151. The van der Waals surface area contributed by atoms with E-state index in [1.807, 2.05) is 60.7 Å². The van der Waals surface area contributed by atoms with E-state index in [2.05, 4.69) is 27.9 Å². The van der Waals surface area contributed by atoms with Crippen molar-refractivity contribution in [3.05, 3.63) is 83.7 Å². The molecule has 18 heteroatoms. The van der Waals surface area contributed by atoms with Crippen LogP contribution in [0.5, 0.6) is 0 Å². The largest absolute Gasteiger partial charge is 0.461 e. The number of carbonyl (C=O) groups is 4. The molecule has 18 nitrogen and oxygen atoms in total. The first-order valence-corrected chi connectivity index (χ1v) is 27.7. The number of benzene rings is 2. The second-order valence-corrected chi connectivity index (χ2v) is 18.6. The van der Waals surface area contributed by atoms with Crippen LogP contribution in [-0.2, 0) is 88.2 Å². The molecule has 3 aromatic rings. The first kappa shape index (κ1) is 64.5. The number of nitrogens with one attached hydrogen (secondary N) is 2. The van der Waals surface area contributed by atoms with Crippen LogP contribution in [0.2, 0.25) is 0 Å². The fraction of sp³-hybridized carbons (Fsp3) is 0.684. The Bertz CT molecular complexity index is 1860. The molecule has 75 heavy (non-hydrogen) atoms. The molecule has 1 aromatic heterocycles. The van der Waals surface area contributed by atoms with Gasteiger partial charge in [0.25, 0.3) is 0 Å². The molecule has 1 heterocycles. The molecule has 0 aliphatic carbocycles. The van der Waals surface area contributed by atoms with E-state index in [1.54, 1.807) is 18.0 Å². The predicted molar refractivity (Wildman–Crippen MR) is 285 cm³/mol. The van der Waals surface area contributed by atoms with Crippen molar-refractivity contribution in [1.82, 2.24) is 25.6 Å². The molecule has 2 N–H and O–H groups in total. The van der Waals surface area contributed by atoms with Gasteiger partial charge >= 0.3 is 11.9 Å². The number of esters is 2. The van der Waals surface area contributed by atoms with Crippen LogP contribution < -0.4 is 10.6 Å². The molecular formula is C57H91N5O13. The molecule has 0 unspecified atom stereocenters. The molecule has 0 saturated carbocycles. The van der Waals surface area contributed by atoms with Gasteiger partial charge in [0.15, 0.2) is 0 Å². The number of methoxy groups -OCH3 is 1. The van der Waals surface area contributed by atoms with Gasteiger partial charge in [-0.2, -0.15) is 0 Å². The zero-order chi connectivity index (χ0) is 53.5. The van der Waals surface area contributed by atoms with E-state index < -0.39 is 29.9 Å². The van der Waals surface area contributed by atoms with Gasteiger partial charge in [0, 0.05) is 20.0 Å². The summed E-state index contributed by atoms with van der Waals surface area (Å²) in [5.41, 5.74) is 2.08. The third kappa shape index (κ3) is 35.2. The molecule has 0 saturated heterocycles. The third-order valence-corrected chi connectivity index (χ3v) is 12.1. The van der Waals surface area contributed by atoms with Crippen LogP contribution in [0.15, 0.2) is 66.9 Å². The number of hydrogen-bond acceptors (Lipinski definition) is 15. The van der Waals surface area contributed by atoms with E-state index >= 15 is 0 Å². The van der Waals surface area contributed by atoms with E-state index in [1.165, 1.54) is 77.0 Å². The minimum atomic E-state index is -1.22. The molecule has 0 aliphatic rings. The second-order valence-electron chi connectivity index (χ2n) is 18.6. The maximum absolute atomic E-state index is 14.0. The van der Waals surface area contributed by atoms with Crippen LogP contribution in [0.4, 0.5) is 0 Å². The number of carbonyl (C=O) groups excluding carboxylic acids is 4. The fourth-order valence-electron chi connectivity index (χ4n) is 7.78. The van der Waals surface area contributed by atoms with Crippen molar-refractivity contribution in [3.8, 4) is 0 Å². The molecule has 0 spiro atoms. The van der Waals surface area contributed by atoms with Crippen molar-refractivity contribution in [2.45, 2.75) is 167 Å². The van der Waals surface area contributed by atoms with Gasteiger partial charge in [-0.05, 0) is 24.0 Å². The Labute approximate surface area is 447 Å². The molecule has 422 valence electrons. The van der Waals surface area contributed by atoms with Crippen molar-refractivity contribution in [1.29, 1.82) is 0 Å². The Hall–Kier alpha value is -4.82. The number of amides is 2. The highest BCUT2D eigenvalue weighted by Gasteiger charge is 2.29. The number of ether oxygens (including phenoxy) is 9. The fourth-order valence-corrected chi connectivity index (χ4v) is 7.78. The maximum atomic E-state index is 14.0. The smallest absolute Gasteiger partial charge is 0.328 e. The van der Waals surface area contributed by atoms with Crippen LogP contribution in [0, 0.1) is 0 Å². The quantitative estimate of drug-likeness (QED) is 0.0402. The van der Waals surface area contributed by atoms with Gasteiger partial charge in [0.2, 0.25) is 11.8 Å². The predicted octanol–water partition coefficient (Wildman–Crippen LogP) is 8.41. The zero-order valence-electron chi connectivity index (χ0n) is 45.4. The number of unbranched alkanes of at least 4 members (excludes halogenated alkanes) is 15. The highest BCUT2D eigenvalue weighted by molar-refractivity contribution is 5.91. The van der Waals surface area contributed by atoms with Gasteiger partial charge in [-0.15, -0.1) is 5.10 Å². The molecule has 2 amide bonds. The SMILES string of the molecule is CCCCCCCCCCCCCCCCCCC(=O)N[C@@H](COCc1cn(CCOCCOCCOCCOCCOCCOC)nn1)C(=O)N[C@H](CCC(=O)OCc1ccccc1)C(=O)OCc1ccccc1. The van der Waals surface area contributed by atoms with E-state index in [0.717, 1.165) is 30.4 Å². The Kier molecular flexibility index (Phi) is 39.0. The van der Waals surface area contributed by atoms with Gasteiger partial charge in [-0.1, -0.05) is 169 Å². The highest BCUT2D eigenvalue weighted by Crippen LogP contribution is 2.15. The summed E-state index contributed by atoms with van der Waals surface area (Å²) in [5.74, 6) is -2.23. The van der Waals surface area contributed by atoms with E-state index in [9.17, 15) is 19.2 Å². The van der Waals surface area contributed by atoms with E-state index in [-0.39, 0.29) is 51.6 Å². The van der Waals surface area contributed by atoms with Crippen LogP contribution in [0.25, 0.3) is 0 Å². The molecule has 0 bridgehead atoms. The highest BCUT2D eigenvalue weighted by atomic mass is 16.6. The summed E-state index contributed by atoms with van der Waals surface area (Å²) in [7, 11) is 1.63. The number of nitrogens with zero attached hydrogens (tertiary/aromatic N) is 3. The summed E-state index contributed by atoms with van der Waals surface area (Å²) in [5, 5.41) is 13.9. The summed E-state index contributed by atoms with van der Waals surface area (Å²) in [6.45, 7) is 7.68. The molecule has 0 radical (unpaired) electrons. The van der Waals surface area contributed by atoms with Crippen molar-refractivity contribution >= 4 is 23.8 Å². The first-order chi connectivity index (χ1) is 36.9. The van der Waals surface area contributed by atoms with Gasteiger partial charge in [0.1, 0.15) is 31.0 Å². The number of rotatable bonds is 50. The monoisotopic (exact) mass is 1050 g/mol. The van der Waals surface area contributed by atoms with Crippen molar-refractivity contribution < 1.29 is 61.8 Å². The van der Waals surface area contributed by atoms with E-state index in [4.69, 9.17) is 42.6 Å². The van der Waals surface area contributed by atoms with Crippen molar-refractivity contribution in [2.75, 3.05) is 86.4 Å². The van der Waals surface area contributed by atoms with Crippen molar-refractivity contribution in [3.63, 3.8) is 0 Å². The molecule has 0 aliphatic heterocycles. The second kappa shape index (κ2) is 45.4. The lowest BCUT2D eigenvalue weighted by Gasteiger charge is -2.23. The lowest BCUT2D eigenvalue weighted by Crippen LogP contribution is -2.53. The number of aromatic nitrogens is 3. The third-order valence-electron chi connectivity index (χ3n) is 12.1. The summed E-state index contributed by atoms with van der Waals surface area (Å²) < 4.78 is 51.1. The maximum Gasteiger partial charge on any atom is 0.328 e. The summed E-state index contributed by atoms with van der Waals surface area (Å²) in [4.78, 5) is 53.8.